The molecular formula is C32H28FN3OS. The van der Waals surface area contributed by atoms with Crippen LogP contribution in [0.4, 0.5) is 4.39 Å². The van der Waals surface area contributed by atoms with Crippen LogP contribution in [-0.4, -0.2) is 10.9 Å². The number of hydrogen-bond donors (Lipinski definition) is 2. The van der Waals surface area contributed by atoms with E-state index in [-0.39, 0.29) is 24.2 Å². The summed E-state index contributed by atoms with van der Waals surface area (Å²) in [5.74, 6) is -0.383. The Balaban J connectivity index is 1.38. The van der Waals surface area contributed by atoms with Gasteiger partial charge in [0.2, 0.25) is 5.91 Å². The minimum Gasteiger partial charge on any atom is -0.338 e. The molecule has 0 saturated heterocycles. The molecule has 1 heterocycles. The third-order valence-electron chi connectivity index (χ3n) is 6.60. The van der Waals surface area contributed by atoms with E-state index >= 15 is 0 Å². The van der Waals surface area contributed by atoms with Gasteiger partial charge in [-0.3, -0.25) is 4.79 Å². The smallest absolute Gasteiger partial charge is 0.221 e. The van der Waals surface area contributed by atoms with Crippen molar-refractivity contribution in [3.8, 4) is 10.4 Å². The highest BCUT2D eigenvalue weighted by Crippen LogP contribution is 2.37. The Morgan fingerprint density at radius 1 is 0.816 bits per heavy atom. The molecule has 0 fully saturated rings. The van der Waals surface area contributed by atoms with Crippen molar-refractivity contribution < 1.29 is 9.18 Å². The van der Waals surface area contributed by atoms with Crippen molar-refractivity contribution in [2.45, 2.75) is 24.4 Å². The van der Waals surface area contributed by atoms with E-state index in [4.69, 9.17) is 5.73 Å². The predicted molar refractivity (Wildman–Crippen MR) is 151 cm³/mol. The molecule has 5 aromatic rings. The fourth-order valence-electron chi connectivity index (χ4n) is 4.67. The number of nitrogens with zero attached hydrogens (tertiary/aromatic N) is 1. The molecule has 4 aromatic carbocycles. The van der Waals surface area contributed by atoms with Gasteiger partial charge in [0.15, 0.2) is 0 Å². The first-order valence-corrected chi connectivity index (χ1v) is 13.3. The lowest BCUT2D eigenvalue weighted by molar-refractivity contribution is -0.122. The number of nitrogens with one attached hydrogen (secondary N) is 1. The van der Waals surface area contributed by atoms with E-state index in [2.05, 4.69) is 10.3 Å². The molecule has 1 atom stereocenters. The van der Waals surface area contributed by atoms with Crippen LogP contribution in [0.3, 0.4) is 0 Å². The van der Waals surface area contributed by atoms with Crippen LogP contribution in [-0.2, 0) is 10.3 Å². The zero-order valence-electron chi connectivity index (χ0n) is 20.8. The van der Waals surface area contributed by atoms with Crippen molar-refractivity contribution in [1.82, 2.24) is 10.3 Å². The predicted octanol–water partition coefficient (Wildman–Crippen LogP) is 6.84. The maximum absolute atomic E-state index is 13.6. The van der Waals surface area contributed by atoms with Gasteiger partial charge < -0.3 is 11.1 Å². The van der Waals surface area contributed by atoms with Gasteiger partial charge >= 0.3 is 0 Å². The van der Waals surface area contributed by atoms with Crippen LogP contribution in [0.2, 0.25) is 0 Å². The summed E-state index contributed by atoms with van der Waals surface area (Å²) in [6.07, 6.45) is 2.43. The highest BCUT2D eigenvalue weighted by atomic mass is 32.1. The first-order valence-electron chi connectivity index (χ1n) is 12.5. The maximum atomic E-state index is 13.6. The van der Waals surface area contributed by atoms with E-state index in [1.807, 2.05) is 91.0 Å². The number of carbonyl (C=O) groups is 1. The van der Waals surface area contributed by atoms with E-state index in [1.54, 1.807) is 18.3 Å². The number of aromatic nitrogens is 1. The molecule has 0 aliphatic rings. The third kappa shape index (κ3) is 5.42. The van der Waals surface area contributed by atoms with E-state index in [1.165, 1.54) is 23.5 Å². The number of amides is 1. The van der Waals surface area contributed by atoms with Crippen LogP contribution in [0, 0.1) is 5.82 Å². The molecule has 190 valence electrons. The van der Waals surface area contributed by atoms with Crippen molar-refractivity contribution in [3.05, 3.63) is 149 Å². The quantitative estimate of drug-likeness (QED) is 0.209. The Labute approximate surface area is 226 Å². The zero-order valence-corrected chi connectivity index (χ0v) is 21.6. The molecule has 0 radical (unpaired) electrons. The average Bonchev–Trinajstić information content (AvgIpc) is 3.47. The number of halogens is 1. The van der Waals surface area contributed by atoms with Gasteiger partial charge in [-0.15, -0.1) is 11.3 Å². The monoisotopic (exact) mass is 521 g/mol. The van der Waals surface area contributed by atoms with Gasteiger partial charge in [-0.25, -0.2) is 9.37 Å². The van der Waals surface area contributed by atoms with Gasteiger partial charge in [0.25, 0.3) is 0 Å². The second-order valence-electron chi connectivity index (χ2n) is 9.11. The molecule has 4 nitrogen and oxygen atoms in total. The summed E-state index contributed by atoms with van der Waals surface area (Å²) in [6, 6.07) is 36.0. The molecular weight excluding hydrogens is 493 g/mol. The van der Waals surface area contributed by atoms with Gasteiger partial charge in [-0.05, 0) is 40.8 Å². The number of hydrogen-bond acceptors (Lipinski definition) is 4. The number of thiazole rings is 1. The Morgan fingerprint density at radius 2 is 1.32 bits per heavy atom. The minimum absolute atomic E-state index is 0.104. The Bertz CT molecular complexity index is 1380. The number of carbonyl (C=O) groups excluding carboxylic acids is 1. The first-order chi connectivity index (χ1) is 18.6. The Morgan fingerprint density at radius 3 is 1.82 bits per heavy atom. The summed E-state index contributed by atoms with van der Waals surface area (Å²) in [4.78, 5) is 18.9. The summed E-state index contributed by atoms with van der Waals surface area (Å²) in [5.41, 5.74) is 9.41. The van der Waals surface area contributed by atoms with Gasteiger partial charge in [-0.1, -0.05) is 103 Å². The lowest BCUT2D eigenvalue weighted by Gasteiger charge is -2.37. The number of benzene rings is 4. The normalized spacial score (nSPS) is 12.2. The second kappa shape index (κ2) is 11.5. The zero-order chi connectivity index (χ0) is 26.4. The molecule has 0 saturated carbocycles. The molecule has 0 bridgehead atoms. The van der Waals surface area contributed by atoms with Crippen LogP contribution >= 0.6 is 11.3 Å². The van der Waals surface area contributed by atoms with Gasteiger partial charge in [-0.2, -0.15) is 0 Å². The fourth-order valence-corrected chi connectivity index (χ4v) is 5.63. The second-order valence-corrected chi connectivity index (χ2v) is 10.2. The van der Waals surface area contributed by atoms with Crippen LogP contribution < -0.4 is 11.1 Å². The molecule has 0 aliphatic heterocycles. The average molecular weight is 522 g/mol. The molecule has 38 heavy (non-hydrogen) atoms. The molecule has 0 unspecified atom stereocenters. The van der Waals surface area contributed by atoms with E-state index in [9.17, 15) is 9.18 Å². The standard InChI is InChI=1S/C32H28FN3OS/c33-27-18-16-23(17-19-27)29-22-35-31(38-29)28(34)20-21-30(37)36-32(24-10-4-1-5-11-24,25-12-6-2-7-13-25)26-14-8-3-9-15-26/h1-19,22,28H,20-21,34H2,(H,36,37)/t28-/m0/s1. The lowest BCUT2D eigenvalue weighted by atomic mass is 9.77. The topological polar surface area (TPSA) is 68.0 Å². The molecule has 1 amide bonds. The van der Waals surface area contributed by atoms with Crippen molar-refractivity contribution in [2.75, 3.05) is 0 Å². The third-order valence-corrected chi connectivity index (χ3v) is 7.78. The van der Waals surface area contributed by atoms with E-state index in [0.29, 0.717) is 6.42 Å². The summed E-state index contributed by atoms with van der Waals surface area (Å²) < 4.78 is 13.3. The van der Waals surface area contributed by atoms with E-state index in [0.717, 1.165) is 32.1 Å². The summed E-state index contributed by atoms with van der Waals surface area (Å²) >= 11 is 1.47. The molecule has 1 aromatic heterocycles. The highest BCUT2D eigenvalue weighted by molar-refractivity contribution is 7.15. The molecule has 6 heteroatoms. The summed E-state index contributed by atoms with van der Waals surface area (Å²) in [5, 5.41) is 4.12. The van der Waals surface area contributed by atoms with Crippen LogP contribution in [0.1, 0.15) is 40.6 Å². The van der Waals surface area contributed by atoms with Gasteiger partial charge in [0.05, 0.1) is 10.9 Å². The fraction of sp³-hybridized carbons (Fsp3) is 0.125. The summed E-state index contributed by atoms with van der Waals surface area (Å²) in [7, 11) is 0. The minimum atomic E-state index is -0.859. The number of rotatable bonds is 9. The van der Waals surface area contributed by atoms with Gasteiger partial charge in [0.1, 0.15) is 16.4 Å². The van der Waals surface area contributed by atoms with Gasteiger partial charge in [0, 0.05) is 12.6 Å². The lowest BCUT2D eigenvalue weighted by Crippen LogP contribution is -2.47. The van der Waals surface area contributed by atoms with Crippen molar-refractivity contribution in [2.24, 2.45) is 5.73 Å². The summed E-state index contributed by atoms with van der Waals surface area (Å²) in [6.45, 7) is 0. The van der Waals surface area contributed by atoms with Crippen molar-refractivity contribution >= 4 is 17.2 Å². The van der Waals surface area contributed by atoms with Crippen molar-refractivity contribution in [3.63, 3.8) is 0 Å². The maximum Gasteiger partial charge on any atom is 0.221 e. The molecule has 5 rings (SSSR count). The highest BCUT2D eigenvalue weighted by Gasteiger charge is 2.37. The first kappa shape index (κ1) is 25.5. The Hall–Kier alpha value is -4.13. The SMILES string of the molecule is N[C@@H](CCC(=O)NC(c1ccccc1)(c1ccccc1)c1ccccc1)c1ncc(-c2ccc(F)cc2)s1. The van der Waals surface area contributed by atoms with Crippen molar-refractivity contribution in [1.29, 1.82) is 0 Å². The van der Waals surface area contributed by atoms with Crippen LogP contribution in [0.5, 0.6) is 0 Å². The largest absolute Gasteiger partial charge is 0.338 e. The molecule has 0 spiro atoms. The molecule has 3 N–H and O–H groups in total. The Kier molecular flexibility index (Phi) is 7.73. The molecule has 0 aliphatic carbocycles. The van der Waals surface area contributed by atoms with Crippen LogP contribution in [0.15, 0.2) is 121 Å². The van der Waals surface area contributed by atoms with Crippen LogP contribution in [0.25, 0.3) is 10.4 Å². The van der Waals surface area contributed by atoms with E-state index < -0.39 is 5.54 Å². The number of nitrogens with two attached hydrogens (primary N) is 1.